The van der Waals surface area contributed by atoms with E-state index in [9.17, 15) is 0 Å². The number of ether oxygens (including phenoxy) is 1. The maximum Gasteiger partial charge on any atom is 0.119 e. The summed E-state index contributed by atoms with van der Waals surface area (Å²) in [6, 6.07) is 8.65. The molecule has 0 saturated carbocycles. The summed E-state index contributed by atoms with van der Waals surface area (Å²) in [7, 11) is 0. The van der Waals surface area contributed by atoms with Crippen molar-refractivity contribution in [2.75, 3.05) is 19.7 Å². The maximum atomic E-state index is 6.18. The largest absolute Gasteiger partial charge is 0.490 e. The number of hydrogen-bond acceptors (Lipinski definition) is 3. The van der Waals surface area contributed by atoms with Crippen LogP contribution in [0.15, 0.2) is 36.9 Å². The molecule has 1 aliphatic heterocycles. The van der Waals surface area contributed by atoms with E-state index in [-0.39, 0.29) is 17.8 Å². The average molecular weight is 311 g/mol. The van der Waals surface area contributed by atoms with E-state index in [1.54, 1.807) is 6.08 Å². The molecule has 0 amide bonds. The summed E-state index contributed by atoms with van der Waals surface area (Å²) in [4.78, 5) is 2.49. The maximum absolute atomic E-state index is 6.18. The van der Waals surface area contributed by atoms with Crippen molar-refractivity contribution in [3.05, 3.63) is 42.5 Å². The van der Waals surface area contributed by atoms with Gasteiger partial charge in [0.25, 0.3) is 0 Å². The Bertz CT molecular complexity index is 445. The molecule has 2 rings (SSSR count). The van der Waals surface area contributed by atoms with Gasteiger partial charge in [-0.2, -0.15) is 0 Å². The minimum absolute atomic E-state index is 0. The highest BCUT2D eigenvalue weighted by Crippen LogP contribution is 2.28. The molecule has 4 heteroatoms. The molecule has 0 spiro atoms. The van der Waals surface area contributed by atoms with Crippen molar-refractivity contribution in [1.29, 1.82) is 0 Å². The Morgan fingerprint density at radius 1 is 1.38 bits per heavy atom. The fourth-order valence-electron chi connectivity index (χ4n) is 2.72. The second-order valence-corrected chi connectivity index (χ2v) is 6.34. The molecule has 1 heterocycles. The Morgan fingerprint density at radius 2 is 2.05 bits per heavy atom. The third-order valence-corrected chi connectivity index (χ3v) is 4.09. The number of benzene rings is 1. The quantitative estimate of drug-likeness (QED) is 0.849. The summed E-state index contributed by atoms with van der Waals surface area (Å²) in [5.41, 5.74) is 7.70. The lowest BCUT2D eigenvalue weighted by atomic mass is 9.79. The number of likely N-dealkylation sites (tertiary alicyclic amines) is 1. The molecule has 0 aliphatic carbocycles. The van der Waals surface area contributed by atoms with Crippen molar-refractivity contribution in [2.45, 2.75) is 32.9 Å². The second-order valence-electron chi connectivity index (χ2n) is 6.34. The molecule has 1 aromatic rings. The van der Waals surface area contributed by atoms with Gasteiger partial charge in [-0.1, -0.05) is 38.6 Å². The summed E-state index contributed by atoms with van der Waals surface area (Å²) in [5.74, 6) is 0.898. The molecule has 21 heavy (non-hydrogen) atoms. The lowest BCUT2D eigenvalue weighted by molar-refractivity contribution is 0.0899. The van der Waals surface area contributed by atoms with Crippen molar-refractivity contribution < 1.29 is 4.74 Å². The highest BCUT2D eigenvalue weighted by Gasteiger charge is 2.33. The van der Waals surface area contributed by atoms with Crippen LogP contribution in [0.25, 0.3) is 0 Å². The highest BCUT2D eigenvalue weighted by atomic mass is 35.5. The van der Waals surface area contributed by atoms with Crippen molar-refractivity contribution in [1.82, 2.24) is 4.90 Å². The molecule has 2 N–H and O–H groups in total. The van der Waals surface area contributed by atoms with E-state index in [1.165, 1.54) is 5.56 Å². The standard InChI is InChI=1S/C17H26N2O.ClH/c1-4-11-20-15-7-5-14(6-8-15)12-19-10-9-16(18)17(2,3)13-19;/h4-8,16H,1,9-13,18H2,2-3H3;1H. The predicted molar refractivity (Wildman–Crippen MR) is 91.0 cm³/mol. The lowest BCUT2D eigenvalue weighted by Gasteiger charge is -2.42. The van der Waals surface area contributed by atoms with E-state index in [0.29, 0.717) is 12.6 Å². The van der Waals surface area contributed by atoms with Crippen LogP contribution in [0.3, 0.4) is 0 Å². The van der Waals surface area contributed by atoms with Gasteiger partial charge in [-0.25, -0.2) is 0 Å². The molecule has 0 bridgehead atoms. The van der Waals surface area contributed by atoms with Gasteiger partial charge in [-0.05, 0) is 29.5 Å². The lowest BCUT2D eigenvalue weighted by Crippen LogP contribution is -2.52. The Morgan fingerprint density at radius 3 is 2.62 bits per heavy atom. The molecule has 3 nitrogen and oxygen atoms in total. The minimum atomic E-state index is 0. The zero-order valence-electron chi connectivity index (χ0n) is 13.0. The molecule has 1 atom stereocenters. The molecule has 1 saturated heterocycles. The number of halogens is 1. The number of nitrogens with two attached hydrogens (primary N) is 1. The van der Waals surface area contributed by atoms with Gasteiger partial charge in [0.1, 0.15) is 12.4 Å². The van der Waals surface area contributed by atoms with Gasteiger partial charge in [0.05, 0.1) is 0 Å². The third-order valence-electron chi connectivity index (χ3n) is 4.09. The van der Waals surface area contributed by atoms with Crippen LogP contribution in [0, 0.1) is 5.41 Å². The molecule has 0 aromatic heterocycles. The van der Waals surface area contributed by atoms with Crippen molar-refractivity contribution >= 4 is 12.4 Å². The number of rotatable bonds is 5. The van der Waals surface area contributed by atoms with Gasteiger partial charge in [-0.3, -0.25) is 4.90 Å². The monoisotopic (exact) mass is 310 g/mol. The molecule has 1 fully saturated rings. The first kappa shape index (κ1) is 18.0. The van der Waals surface area contributed by atoms with E-state index in [1.807, 2.05) is 12.1 Å². The van der Waals surface area contributed by atoms with E-state index in [2.05, 4.69) is 37.5 Å². The summed E-state index contributed by atoms with van der Waals surface area (Å²) in [5, 5.41) is 0. The average Bonchev–Trinajstić information content (AvgIpc) is 2.42. The van der Waals surface area contributed by atoms with Crippen molar-refractivity contribution in [3.8, 4) is 5.75 Å². The SMILES string of the molecule is C=CCOc1ccc(CN2CCC(N)C(C)(C)C2)cc1.Cl. The Labute approximate surface area is 134 Å². The normalized spacial score (nSPS) is 21.4. The topological polar surface area (TPSA) is 38.5 Å². The zero-order valence-corrected chi connectivity index (χ0v) is 13.9. The van der Waals surface area contributed by atoms with Crippen molar-refractivity contribution in [3.63, 3.8) is 0 Å². The minimum Gasteiger partial charge on any atom is -0.490 e. The zero-order chi connectivity index (χ0) is 14.6. The highest BCUT2D eigenvalue weighted by molar-refractivity contribution is 5.85. The van der Waals surface area contributed by atoms with Crippen LogP contribution in [0.2, 0.25) is 0 Å². The van der Waals surface area contributed by atoms with Gasteiger partial charge < -0.3 is 10.5 Å². The van der Waals surface area contributed by atoms with Crippen LogP contribution in [0.5, 0.6) is 5.75 Å². The van der Waals surface area contributed by atoms with Crippen LogP contribution >= 0.6 is 12.4 Å². The predicted octanol–water partition coefficient (Wildman–Crippen LogP) is 3.23. The van der Waals surface area contributed by atoms with Crippen LogP contribution < -0.4 is 10.5 Å². The fourth-order valence-corrected chi connectivity index (χ4v) is 2.72. The van der Waals surface area contributed by atoms with Gasteiger partial charge in [0.2, 0.25) is 0 Å². The summed E-state index contributed by atoms with van der Waals surface area (Å²) in [6.07, 6.45) is 2.83. The molecule has 1 aromatic carbocycles. The molecular formula is C17H27ClN2O. The van der Waals surface area contributed by atoms with Crippen molar-refractivity contribution in [2.24, 2.45) is 11.1 Å². The third kappa shape index (κ3) is 5.03. The van der Waals surface area contributed by atoms with Gasteiger partial charge >= 0.3 is 0 Å². The summed E-state index contributed by atoms with van der Waals surface area (Å²) in [6.45, 7) is 11.8. The molecule has 0 radical (unpaired) electrons. The number of nitrogens with zero attached hydrogens (tertiary/aromatic N) is 1. The van der Waals surface area contributed by atoms with Gasteiger partial charge in [-0.15, -0.1) is 12.4 Å². The first-order valence-electron chi connectivity index (χ1n) is 7.32. The molecule has 1 unspecified atom stereocenters. The fraction of sp³-hybridized carbons (Fsp3) is 0.529. The molecule has 1 aliphatic rings. The van der Waals surface area contributed by atoms with Gasteiger partial charge in [0.15, 0.2) is 0 Å². The van der Waals surface area contributed by atoms with E-state index in [4.69, 9.17) is 10.5 Å². The van der Waals surface area contributed by atoms with E-state index < -0.39 is 0 Å². The number of piperidine rings is 1. The van der Waals surface area contributed by atoms with Crippen LogP contribution in [-0.4, -0.2) is 30.6 Å². The molecule has 118 valence electrons. The van der Waals surface area contributed by atoms with E-state index >= 15 is 0 Å². The Balaban J connectivity index is 0.00000220. The van der Waals surface area contributed by atoms with Crippen LogP contribution in [0.4, 0.5) is 0 Å². The van der Waals surface area contributed by atoms with Crippen LogP contribution in [-0.2, 0) is 6.54 Å². The van der Waals surface area contributed by atoms with E-state index in [0.717, 1.165) is 31.8 Å². The smallest absolute Gasteiger partial charge is 0.119 e. The number of hydrogen-bond donors (Lipinski definition) is 1. The second kappa shape index (κ2) is 7.83. The summed E-state index contributed by atoms with van der Waals surface area (Å²) < 4.78 is 5.50. The Kier molecular flexibility index (Phi) is 6.72. The first-order valence-corrected chi connectivity index (χ1v) is 7.32. The van der Waals surface area contributed by atoms with Crippen LogP contribution in [0.1, 0.15) is 25.8 Å². The van der Waals surface area contributed by atoms with Gasteiger partial charge in [0, 0.05) is 25.7 Å². The molecular weight excluding hydrogens is 284 g/mol. The summed E-state index contributed by atoms with van der Waals surface area (Å²) >= 11 is 0. The Hall–Kier alpha value is -1.03. The first-order chi connectivity index (χ1) is 9.51.